The van der Waals surface area contributed by atoms with E-state index in [0.717, 1.165) is 11.3 Å². The molecule has 4 aromatic rings. The topological polar surface area (TPSA) is 38.7 Å². The van der Waals surface area contributed by atoms with Crippen molar-refractivity contribution in [1.82, 2.24) is 15.2 Å². The Kier molecular flexibility index (Phi) is 3.24. The minimum Gasteiger partial charge on any atom is -0.219 e. The van der Waals surface area contributed by atoms with Crippen LogP contribution in [0.5, 0.6) is 0 Å². The lowest BCUT2D eigenvalue weighted by Gasteiger charge is -2.11. The standard InChI is InChI=1S/C18H13N3S/c1-22-18-20-16(11-19-21-18)17-14-8-4-2-6-12(14)10-13-7-3-5-9-15(13)17/h2-11H,1H3. The van der Waals surface area contributed by atoms with Crippen molar-refractivity contribution < 1.29 is 0 Å². The van der Waals surface area contributed by atoms with Crippen LogP contribution in [0.2, 0.25) is 0 Å². The summed E-state index contributed by atoms with van der Waals surface area (Å²) in [6.07, 6.45) is 3.70. The third-order valence-corrected chi connectivity index (χ3v) is 4.29. The van der Waals surface area contributed by atoms with E-state index in [1.807, 2.05) is 6.26 Å². The van der Waals surface area contributed by atoms with Crippen molar-refractivity contribution in [3.05, 3.63) is 60.8 Å². The third-order valence-electron chi connectivity index (χ3n) is 3.75. The van der Waals surface area contributed by atoms with Gasteiger partial charge in [0.1, 0.15) is 0 Å². The summed E-state index contributed by atoms with van der Waals surface area (Å²) in [4.78, 5) is 4.65. The van der Waals surface area contributed by atoms with E-state index in [4.69, 9.17) is 0 Å². The summed E-state index contributed by atoms with van der Waals surface area (Å²) >= 11 is 1.50. The Morgan fingerprint density at radius 2 is 1.50 bits per heavy atom. The zero-order valence-corrected chi connectivity index (χ0v) is 12.8. The van der Waals surface area contributed by atoms with Gasteiger partial charge in [-0.3, -0.25) is 0 Å². The van der Waals surface area contributed by atoms with Crippen molar-refractivity contribution in [1.29, 1.82) is 0 Å². The Balaban J connectivity index is 2.16. The van der Waals surface area contributed by atoms with Crippen LogP contribution in [0.1, 0.15) is 0 Å². The lowest BCUT2D eigenvalue weighted by Crippen LogP contribution is -1.94. The van der Waals surface area contributed by atoms with Gasteiger partial charge in [-0.2, -0.15) is 5.10 Å². The lowest BCUT2D eigenvalue weighted by atomic mass is 9.95. The van der Waals surface area contributed by atoms with E-state index in [-0.39, 0.29) is 0 Å². The van der Waals surface area contributed by atoms with Crippen molar-refractivity contribution in [2.45, 2.75) is 5.16 Å². The molecule has 1 heterocycles. The first kappa shape index (κ1) is 13.2. The highest BCUT2D eigenvalue weighted by molar-refractivity contribution is 7.98. The van der Waals surface area contributed by atoms with Gasteiger partial charge in [-0.25, -0.2) is 4.98 Å². The van der Waals surface area contributed by atoms with Crippen molar-refractivity contribution >= 4 is 33.3 Å². The quantitative estimate of drug-likeness (QED) is 0.402. The van der Waals surface area contributed by atoms with Crippen molar-refractivity contribution in [2.24, 2.45) is 0 Å². The van der Waals surface area contributed by atoms with Crippen LogP contribution in [0.15, 0.2) is 66.0 Å². The van der Waals surface area contributed by atoms with Gasteiger partial charge in [-0.15, -0.1) is 5.10 Å². The van der Waals surface area contributed by atoms with Crippen molar-refractivity contribution in [3.63, 3.8) is 0 Å². The highest BCUT2D eigenvalue weighted by Gasteiger charge is 2.12. The van der Waals surface area contributed by atoms with Crippen molar-refractivity contribution in [3.8, 4) is 11.3 Å². The summed E-state index contributed by atoms with van der Waals surface area (Å²) in [6, 6.07) is 19.0. The molecule has 3 nitrogen and oxygen atoms in total. The summed E-state index contributed by atoms with van der Waals surface area (Å²) in [5.74, 6) is 0. The fourth-order valence-electron chi connectivity index (χ4n) is 2.78. The molecular weight excluding hydrogens is 290 g/mol. The first-order chi connectivity index (χ1) is 10.9. The molecule has 106 valence electrons. The summed E-state index contributed by atoms with van der Waals surface area (Å²) in [5.41, 5.74) is 1.99. The molecule has 1 aromatic heterocycles. The number of aromatic nitrogens is 3. The number of fused-ring (bicyclic) bond motifs is 2. The molecule has 0 aliphatic rings. The molecule has 0 unspecified atom stereocenters. The molecule has 0 radical (unpaired) electrons. The number of rotatable bonds is 2. The van der Waals surface area contributed by atoms with Gasteiger partial charge in [0.15, 0.2) is 0 Å². The van der Waals surface area contributed by atoms with Gasteiger partial charge < -0.3 is 0 Å². The van der Waals surface area contributed by atoms with E-state index in [1.54, 1.807) is 6.20 Å². The van der Waals surface area contributed by atoms with Gasteiger partial charge >= 0.3 is 0 Å². The number of nitrogens with zero attached hydrogens (tertiary/aromatic N) is 3. The molecule has 3 aromatic carbocycles. The van der Waals surface area contributed by atoms with Gasteiger partial charge in [0, 0.05) is 5.56 Å². The predicted octanol–water partition coefficient (Wildman–Crippen LogP) is 4.57. The average molecular weight is 303 g/mol. The van der Waals surface area contributed by atoms with Gasteiger partial charge in [0.05, 0.1) is 11.9 Å². The minimum atomic E-state index is 0.689. The zero-order chi connectivity index (χ0) is 14.9. The molecule has 0 saturated carbocycles. The molecule has 0 bridgehead atoms. The van der Waals surface area contributed by atoms with E-state index in [2.05, 4.69) is 69.8 Å². The molecule has 22 heavy (non-hydrogen) atoms. The Morgan fingerprint density at radius 1 is 0.864 bits per heavy atom. The minimum absolute atomic E-state index is 0.689. The molecule has 0 aliphatic carbocycles. The molecular formula is C18H13N3S. The summed E-state index contributed by atoms with van der Waals surface area (Å²) in [5, 5.41) is 13.6. The molecule has 0 saturated heterocycles. The van der Waals surface area contributed by atoms with E-state index in [1.165, 1.54) is 33.3 Å². The highest BCUT2D eigenvalue weighted by Crippen LogP contribution is 2.35. The van der Waals surface area contributed by atoms with Crippen LogP contribution in [0.3, 0.4) is 0 Å². The van der Waals surface area contributed by atoms with Crippen molar-refractivity contribution in [2.75, 3.05) is 6.26 Å². The summed E-state index contributed by atoms with van der Waals surface area (Å²) in [7, 11) is 0. The zero-order valence-electron chi connectivity index (χ0n) is 12.0. The Labute approximate surface area is 132 Å². The van der Waals surface area contributed by atoms with Crippen LogP contribution in [0.25, 0.3) is 32.8 Å². The first-order valence-corrected chi connectivity index (χ1v) is 8.24. The maximum atomic E-state index is 4.65. The highest BCUT2D eigenvalue weighted by atomic mass is 32.2. The molecule has 0 aliphatic heterocycles. The smallest absolute Gasteiger partial charge is 0.209 e. The second-order valence-corrected chi connectivity index (χ2v) is 5.80. The van der Waals surface area contributed by atoms with Crippen LogP contribution in [-0.4, -0.2) is 21.4 Å². The Morgan fingerprint density at radius 3 is 2.14 bits per heavy atom. The van der Waals surface area contributed by atoms with E-state index < -0.39 is 0 Å². The molecule has 0 spiro atoms. The van der Waals surface area contributed by atoms with E-state index in [0.29, 0.717) is 5.16 Å². The van der Waals surface area contributed by atoms with Crippen LogP contribution < -0.4 is 0 Å². The lowest BCUT2D eigenvalue weighted by molar-refractivity contribution is 0.847. The third kappa shape index (κ3) is 2.12. The van der Waals surface area contributed by atoms with Crippen LogP contribution in [-0.2, 0) is 0 Å². The Bertz CT molecular complexity index is 928. The maximum absolute atomic E-state index is 4.65. The van der Waals surface area contributed by atoms with Crippen LogP contribution >= 0.6 is 11.8 Å². The second kappa shape index (κ2) is 5.39. The van der Waals surface area contributed by atoms with Gasteiger partial charge in [-0.1, -0.05) is 60.3 Å². The maximum Gasteiger partial charge on any atom is 0.209 e. The van der Waals surface area contributed by atoms with Crippen LogP contribution in [0.4, 0.5) is 0 Å². The largest absolute Gasteiger partial charge is 0.219 e. The summed E-state index contributed by atoms with van der Waals surface area (Å²) < 4.78 is 0. The fourth-order valence-corrected chi connectivity index (χ4v) is 3.10. The molecule has 0 atom stereocenters. The molecule has 0 amide bonds. The van der Waals surface area contributed by atoms with Crippen LogP contribution in [0, 0.1) is 0 Å². The first-order valence-electron chi connectivity index (χ1n) is 7.01. The van der Waals surface area contributed by atoms with Gasteiger partial charge in [0.2, 0.25) is 5.16 Å². The average Bonchev–Trinajstić information content (AvgIpc) is 2.59. The number of hydrogen-bond acceptors (Lipinski definition) is 4. The van der Waals surface area contributed by atoms with E-state index in [9.17, 15) is 0 Å². The number of hydrogen-bond donors (Lipinski definition) is 0. The molecule has 4 heteroatoms. The number of thioether (sulfide) groups is 1. The van der Waals surface area contributed by atoms with E-state index >= 15 is 0 Å². The SMILES string of the molecule is CSc1nncc(-c2c3ccccc3cc3ccccc23)n1. The molecule has 4 rings (SSSR count). The normalized spacial score (nSPS) is 11.1. The predicted molar refractivity (Wildman–Crippen MR) is 92.1 cm³/mol. The Hall–Kier alpha value is -2.46. The van der Waals surface area contributed by atoms with Gasteiger partial charge in [0.25, 0.3) is 0 Å². The second-order valence-electron chi connectivity index (χ2n) is 5.02. The van der Waals surface area contributed by atoms with Gasteiger partial charge in [-0.05, 0) is 33.9 Å². The monoisotopic (exact) mass is 303 g/mol. The summed E-state index contributed by atoms with van der Waals surface area (Å²) in [6.45, 7) is 0. The number of benzene rings is 3. The fraction of sp³-hybridized carbons (Fsp3) is 0.0556. The molecule has 0 fully saturated rings. The molecule has 0 N–H and O–H groups in total.